The molecule has 0 unspecified atom stereocenters. The Morgan fingerprint density at radius 1 is 0.771 bits per heavy atom. The molecule has 0 spiro atoms. The van der Waals surface area contributed by atoms with Crippen molar-refractivity contribution >= 4 is 10.8 Å². The Balaban J connectivity index is 1.56. The topological polar surface area (TPSA) is 18.5 Å². The number of ether oxygens (including phenoxy) is 2. The molecule has 0 saturated heterocycles. The molecule has 0 aliphatic heterocycles. The molecular formula is C27H20F6O2. The summed E-state index contributed by atoms with van der Waals surface area (Å²) in [6, 6.07) is 14.4. The third-order valence-electron chi connectivity index (χ3n) is 5.54. The van der Waals surface area contributed by atoms with Crippen LogP contribution in [0.1, 0.15) is 18.1 Å². The fraction of sp³-hybridized carbons (Fsp3) is 0.185. The van der Waals surface area contributed by atoms with Crippen molar-refractivity contribution < 1.29 is 35.8 Å². The third kappa shape index (κ3) is 5.37. The number of fused-ring (bicyclic) bond motifs is 1. The van der Waals surface area contributed by atoms with E-state index in [9.17, 15) is 22.0 Å². The molecule has 4 rings (SSSR count). The van der Waals surface area contributed by atoms with Gasteiger partial charge in [-0.25, -0.2) is 17.6 Å². The lowest BCUT2D eigenvalue weighted by Crippen LogP contribution is -2.06. The van der Waals surface area contributed by atoms with Gasteiger partial charge in [0.2, 0.25) is 0 Å². The van der Waals surface area contributed by atoms with E-state index in [2.05, 4.69) is 4.74 Å². The SMILES string of the molecule is CCOc1ccc(-c2ccc3c(F)c(CCc4cc(F)c(OC(F)F)c(F)c4)ccc3c2)c(F)c1. The van der Waals surface area contributed by atoms with E-state index in [-0.39, 0.29) is 18.4 Å². The lowest BCUT2D eigenvalue weighted by molar-refractivity contribution is -0.0546. The molecule has 0 amide bonds. The van der Waals surface area contributed by atoms with Crippen molar-refractivity contribution in [3.63, 3.8) is 0 Å². The molecule has 35 heavy (non-hydrogen) atoms. The number of alkyl halides is 2. The van der Waals surface area contributed by atoms with Gasteiger partial charge in [0.05, 0.1) is 6.61 Å². The summed E-state index contributed by atoms with van der Waals surface area (Å²) in [6.45, 7) is -1.14. The normalized spacial score (nSPS) is 11.3. The van der Waals surface area contributed by atoms with Gasteiger partial charge in [-0.2, -0.15) is 8.78 Å². The fourth-order valence-electron chi connectivity index (χ4n) is 3.92. The van der Waals surface area contributed by atoms with E-state index in [0.717, 1.165) is 12.1 Å². The minimum Gasteiger partial charge on any atom is -0.494 e. The summed E-state index contributed by atoms with van der Waals surface area (Å²) in [5.74, 6) is -4.21. The van der Waals surface area contributed by atoms with Crippen LogP contribution in [0.5, 0.6) is 11.5 Å². The maximum absolute atomic E-state index is 15.1. The number of benzene rings is 4. The summed E-state index contributed by atoms with van der Waals surface area (Å²) in [5, 5.41) is 0.873. The summed E-state index contributed by atoms with van der Waals surface area (Å²) in [6.07, 6.45) is 0.186. The molecule has 0 aromatic heterocycles. The molecular weight excluding hydrogens is 470 g/mol. The smallest absolute Gasteiger partial charge is 0.387 e. The van der Waals surface area contributed by atoms with E-state index in [4.69, 9.17) is 4.74 Å². The summed E-state index contributed by atoms with van der Waals surface area (Å²) in [5.41, 5.74) is 1.40. The molecule has 0 N–H and O–H groups in total. The number of hydrogen-bond acceptors (Lipinski definition) is 2. The predicted molar refractivity (Wildman–Crippen MR) is 121 cm³/mol. The van der Waals surface area contributed by atoms with Crippen LogP contribution in [0.15, 0.2) is 60.7 Å². The first-order valence-corrected chi connectivity index (χ1v) is 10.8. The van der Waals surface area contributed by atoms with Gasteiger partial charge in [0.25, 0.3) is 0 Å². The number of aryl methyl sites for hydroxylation is 2. The van der Waals surface area contributed by atoms with Crippen molar-refractivity contribution in [2.75, 3.05) is 6.61 Å². The zero-order valence-corrected chi connectivity index (χ0v) is 18.6. The van der Waals surface area contributed by atoms with Gasteiger partial charge in [-0.05, 0) is 72.2 Å². The summed E-state index contributed by atoms with van der Waals surface area (Å²) >= 11 is 0. The average Bonchev–Trinajstić information content (AvgIpc) is 2.81. The second kappa shape index (κ2) is 10.3. The highest BCUT2D eigenvalue weighted by atomic mass is 19.3. The lowest BCUT2D eigenvalue weighted by atomic mass is 9.97. The largest absolute Gasteiger partial charge is 0.494 e. The van der Waals surface area contributed by atoms with E-state index in [0.29, 0.717) is 39.8 Å². The lowest BCUT2D eigenvalue weighted by Gasteiger charge is -2.11. The first-order chi connectivity index (χ1) is 16.8. The highest BCUT2D eigenvalue weighted by Gasteiger charge is 2.17. The molecule has 2 nitrogen and oxygen atoms in total. The number of hydrogen-bond donors (Lipinski definition) is 0. The minimum atomic E-state index is -3.36. The van der Waals surface area contributed by atoms with E-state index in [1.807, 2.05) is 0 Å². The van der Waals surface area contributed by atoms with Crippen molar-refractivity contribution in [3.8, 4) is 22.6 Å². The second-order valence-electron chi connectivity index (χ2n) is 7.82. The van der Waals surface area contributed by atoms with Crippen LogP contribution in [0.2, 0.25) is 0 Å². The summed E-state index contributed by atoms with van der Waals surface area (Å²) in [4.78, 5) is 0. The van der Waals surface area contributed by atoms with Crippen molar-refractivity contribution in [3.05, 3.63) is 95.1 Å². The maximum atomic E-state index is 15.1. The Morgan fingerprint density at radius 3 is 2.17 bits per heavy atom. The number of rotatable bonds is 8. The summed E-state index contributed by atoms with van der Waals surface area (Å²) in [7, 11) is 0. The Labute approximate surface area is 197 Å². The molecule has 0 heterocycles. The first-order valence-electron chi connectivity index (χ1n) is 10.8. The van der Waals surface area contributed by atoms with Crippen LogP contribution in [0.4, 0.5) is 26.3 Å². The highest BCUT2D eigenvalue weighted by molar-refractivity contribution is 5.88. The molecule has 0 saturated carbocycles. The van der Waals surface area contributed by atoms with Crippen molar-refractivity contribution in [1.29, 1.82) is 0 Å². The molecule has 4 aromatic carbocycles. The van der Waals surface area contributed by atoms with E-state index in [1.165, 1.54) is 6.07 Å². The highest BCUT2D eigenvalue weighted by Crippen LogP contribution is 2.31. The minimum absolute atomic E-state index is 0.0701. The molecule has 8 heteroatoms. The third-order valence-corrected chi connectivity index (χ3v) is 5.54. The first kappa shape index (κ1) is 24.4. The summed E-state index contributed by atoms with van der Waals surface area (Å²) < 4.78 is 91.3. The van der Waals surface area contributed by atoms with Gasteiger partial charge in [-0.3, -0.25) is 0 Å². The maximum Gasteiger partial charge on any atom is 0.387 e. The van der Waals surface area contributed by atoms with Crippen LogP contribution < -0.4 is 9.47 Å². The van der Waals surface area contributed by atoms with Crippen molar-refractivity contribution in [1.82, 2.24) is 0 Å². The Morgan fingerprint density at radius 2 is 1.51 bits per heavy atom. The van der Waals surface area contributed by atoms with E-state index < -0.39 is 35.6 Å². The van der Waals surface area contributed by atoms with Crippen LogP contribution >= 0.6 is 0 Å². The van der Waals surface area contributed by atoms with Crippen molar-refractivity contribution in [2.45, 2.75) is 26.4 Å². The standard InChI is InChI=1S/C27H20F6O2/c1-2-34-19-8-10-20(22(28)14-19)17-7-9-21-18(13-17)6-5-16(25(21)31)4-3-15-11-23(29)26(24(30)12-15)35-27(32)33/h5-14,27H,2-4H2,1H3. The van der Waals surface area contributed by atoms with Gasteiger partial charge in [-0.1, -0.05) is 24.3 Å². The number of halogens is 6. The molecule has 0 fully saturated rings. The zero-order valence-electron chi connectivity index (χ0n) is 18.6. The zero-order chi connectivity index (χ0) is 25.1. The second-order valence-corrected chi connectivity index (χ2v) is 7.82. The Bertz CT molecular complexity index is 1350. The van der Waals surface area contributed by atoms with Crippen LogP contribution in [-0.2, 0) is 12.8 Å². The van der Waals surface area contributed by atoms with Crippen LogP contribution in [0, 0.1) is 23.3 Å². The quantitative estimate of drug-likeness (QED) is 0.234. The fourth-order valence-corrected chi connectivity index (χ4v) is 3.92. The molecule has 0 aliphatic carbocycles. The van der Waals surface area contributed by atoms with E-state index in [1.54, 1.807) is 49.4 Å². The molecule has 0 bridgehead atoms. The van der Waals surface area contributed by atoms with Gasteiger partial charge >= 0.3 is 6.61 Å². The van der Waals surface area contributed by atoms with Gasteiger partial charge < -0.3 is 9.47 Å². The molecule has 0 radical (unpaired) electrons. The van der Waals surface area contributed by atoms with Gasteiger partial charge in [0.1, 0.15) is 17.4 Å². The van der Waals surface area contributed by atoms with Gasteiger partial charge in [0, 0.05) is 17.0 Å². The Hall–Kier alpha value is -3.68. The van der Waals surface area contributed by atoms with Crippen LogP contribution in [0.25, 0.3) is 21.9 Å². The predicted octanol–water partition coefficient (Wildman–Crippen LogP) is 7.85. The average molecular weight is 490 g/mol. The molecule has 0 atom stereocenters. The molecule has 4 aromatic rings. The molecule has 0 aliphatic rings. The monoisotopic (exact) mass is 490 g/mol. The van der Waals surface area contributed by atoms with Gasteiger partial charge in [0.15, 0.2) is 17.4 Å². The van der Waals surface area contributed by atoms with Gasteiger partial charge in [-0.15, -0.1) is 0 Å². The Kier molecular flexibility index (Phi) is 7.19. The van der Waals surface area contributed by atoms with E-state index >= 15 is 4.39 Å². The van der Waals surface area contributed by atoms with Crippen LogP contribution in [-0.4, -0.2) is 13.2 Å². The van der Waals surface area contributed by atoms with Crippen LogP contribution in [0.3, 0.4) is 0 Å². The van der Waals surface area contributed by atoms with Crippen molar-refractivity contribution in [2.24, 2.45) is 0 Å². The molecule has 182 valence electrons.